The summed E-state index contributed by atoms with van der Waals surface area (Å²) in [6.07, 6.45) is 0.994. The van der Waals surface area contributed by atoms with E-state index in [2.05, 4.69) is 30.9 Å². The van der Waals surface area contributed by atoms with Crippen LogP contribution in [0.3, 0.4) is 0 Å². The minimum atomic E-state index is 0.938. The molecule has 2 nitrogen and oxygen atoms in total. The lowest BCUT2D eigenvalue weighted by Gasteiger charge is -2.16. The Labute approximate surface area is 80.4 Å². The van der Waals surface area contributed by atoms with Crippen molar-refractivity contribution in [2.24, 2.45) is 0 Å². The van der Waals surface area contributed by atoms with E-state index in [4.69, 9.17) is 5.73 Å². The molecule has 0 aliphatic heterocycles. The molecule has 0 aromatic heterocycles. The summed E-state index contributed by atoms with van der Waals surface area (Å²) in [6, 6.07) is 4.27. The predicted octanol–water partition coefficient (Wildman–Crippen LogP) is 2.21. The van der Waals surface area contributed by atoms with Gasteiger partial charge in [0.05, 0.1) is 0 Å². The molecule has 0 bridgehead atoms. The van der Waals surface area contributed by atoms with Gasteiger partial charge in [0.25, 0.3) is 0 Å². The molecule has 0 heterocycles. The fourth-order valence-corrected chi connectivity index (χ4v) is 1.40. The molecule has 72 valence electrons. The first-order valence-corrected chi connectivity index (χ1v) is 4.62. The number of rotatable bonds is 2. The number of hydrogen-bond donors (Lipinski definition) is 1. The summed E-state index contributed by atoms with van der Waals surface area (Å²) >= 11 is 0. The molecular formula is C11H18N2. The molecule has 1 aromatic rings. The molecule has 0 aliphatic rings. The van der Waals surface area contributed by atoms with Crippen LogP contribution in [0.1, 0.15) is 18.1 Å². The molecule has 0 radical (unpaired) electrons. The van der Waals surface area contributed by atoms with Crippen LogP contribution in [-0.4, -0.2) is 14.1 Å². The highest BCUT2D eigenvalue weighted by Gasteiger charge is 2.04. The van der Waals surface area contributed by atoms with E-state index in [0.717, 1.165) is 12.1 Å². The number of nitrogens with two attached hydrogens (primary N) is 1. The zero-order valence-electron chi connectivity index (χ0n) is 8.89. The molecule has 1 rings (SSSR count). The van der Waals surface area contributed by atoms with Gasteiger partial charge in [-0.3, -0.25) is 0 Å². The highest BCUT2D eigenvalue weighted by atomic mass is 15.1. The van der Waals surface area contributed by atoms with Gasteiger partial charge in [-0.2, -0.15) is 0 Å². The minimum Gasteiger partial charge on any atom is -0.398 e. The number of anilines is 2. The summed E-state index contributed by atoms with van der Waals surface area (Å²) in [4.78, 5) is 2.10. The third-order valence-electron chi connectivity index (χ3n) is 2.35. The first kappa shape index (κ1) is 9.90. The summed E-state index contributed by atoms with van der Waals surface area (Å²) in [5.41, 5.74) is 10.5. The van der Waals surface area contributed by atoms with E-state index in [0.29, 0.717) is 0 Å². The molecule has 0 aliphatic carbocycles. The van der Waals surface area contributed by atoms with Crippen molar-refractivity contribution in [3.8, 4) is 0 Å². The average Bonchev–Trinajstić information content (AvgIpc) is 2.09. The maximum absolute atomic E-state index is 5.94. The van der Waals surface area contributed by atoms with Crippen LogP contribution >= 0.6 is 0 Å². The summed E-state index contributed by atoms with van der Waals surface area (Å²) in [7, 11) is 4.09. The zero-order valence-corrected chi connectivity index (χ0v) is 8.89. The van der Waals surface area contributed by atoms with Gasteiger partial charge in [0.15, 0.2) is 0 Å². The summed E-state index contributed by atoms with van der Waals surface area (Å²) in [5, 5.41) is 0. The van der Waals surface area contributed by atoms with Crippen molar-refractivity contribution < 1.29 is 0 Å². The van der Waals surface area contributed by atoms with Crippen LogP contribution in [0.15, 0.2) is 12.1 Å². The van der Waals surface area contributed by atoms with Gasteiger partial charge in [0.1, 0.15) is 0 Å². The number of nitrogens with zero attached hydrogens (tertiary/aromatic N) is 1. The maximum atomic E-state index is 5.94. The van der Waals surface area contributed by atoms with Crippen LogP contribution in [0, 0.1) is 6.92 Å². The Kier molecular flexibility index (Phi) is 2.81. The fraction of sp³-hybridized carbons (Fsp3) is 0.455. The lowest BCUT2D eigenvalue weighted by Crippen LogP contribution is -2.10. The maximum Gasteiger partial charge on any atom is 0.0377 e. The second kappa shape index (κ2) is 3.69. The molecule has 1 aromatic carbocycles. The molecule has 0 unspecified atom stereocenters. The Morgan fingerprint density at radius 3 is 2.38 bits per heavy atom. The molecule has 0 atom stereocenters. The van der Waals surface area contributed by atoms with Gasteiger partial charge in [-0.25, -0.2) is 0 Å². The summed E-state index contributed by atoms with van der Waals surface area (Å²) in [5.74, 6) is 0. The summed E-state index contributed by atoms with van der Waals surface area (Å²) < 4.78 is 0. The molecule has 2 N–H and O–H groups in total. The monoisotopic (exact) mass is 178 g/mol. The molecule has 0 saturated heterocycles. The van der Waals surface area contributed by atoms with Crippen LogP contribution in [0.5, 0.6) is 0 Å². The van der Waals surface area contributed by atoms with Crippen LogP contribution in [0.25, 0.3) is 0 Å². The highest BCUT2D eigenvalue weighted by molar-refractivity contribution is 5.62. The van der Waals surface area contributed by atoms with Gasteiger partial charge in [0, 0.05) is 25.5 Å². The van der Waals surface area contributed by atoms with Crippen LogP contribution in [0.4, 0.5) is 11.4 Å². The van der Waals surface area contributed by atoms with E-state index >= 15 is 0 Å². The van der Waals surface area contributed by atoms with E-state index in [1.165, 1.54) is 16.8 Å². The van der Waals surface area contributed by atoms with E-state index in [1.807, 2.05) is 14.1 Å². The minimum absolute atomic E-state index is 0.938. The quantitative estimate of drug-likeness (QED) is 0.703. The fourth-order valence-electron chi connectivity index (χ4n) is 1.40. The third-order valence-corrected chi connectivity index (χ3v) is 2.35. The Morgan fingerprint density at radius 1 is 1.31 bits per heavy atom. The third kappa shape index (κ3) is 1.94. The van der Waals surface area contributed by atoms with Gasteiger partial charge in [-0.1, -0.05) is 6.92 Å². The smallest absolute Gasteiger partial charge is 0.0377 e. The Morgan fingerprint density at radius 2 is 1.92 bits per heavy atom. The first-order valence-electron chi connectivity index (χ1n) is 4.62. The highest BCUT2D eigenvalue weighted by Crippen LogP contribution is 2.24. The van der Waals surface area contributed by atoms with Crippen molar-refractivity contribution in [2.75, 3.05) is 24.7 Å². The van der Waals surface area contributed by atoms with Crippen LogP contribution in [0.2, 0.25) is 0 Å². The lowest BCUT2D eigenvalue weighted by molar-refractivity contribution is 1.09. The molecule has 0 spiro atoms. The average molecular weight is 178 g/mol. The van der Waals surface area contributed by atoms with Gasteiger partial charge >= 0.3 is 0 Å². The predicted molar refractivity (Wildman–Crippen MR) is 59.3 cm³/mol. The van der Waals surface area contributed by atoms with Crippen molar-refractivity contribution in [2.45, 2.75) is 20.3 Å². The van der Waals surface area contributed by atoms with Crippen molar-refractivity contribution in [1.29, 1.82) is 0 Å². The van der Waals surface area contributed by atoms with Crippen LogP contribution in [-0.2, 0) is 6.42 Å². The SMILES string of the molecule is CCc1cc(N(C)C)cc(C)c1N. The van der Waals surface area contributed by atoms with E-state index in [1.54, 1.807) is 0 Å². The largest absolute Gasteiger partial charge is 0.398 e. The molecule has 0 saturated carbocycles. The lowest BCUT2D eigenvalue weighted by atomic mass is 10.0. The Bertz CT molecular complexity index is 303. The second-order valence-electron chi connectivity index (χ2n) is 3.58. The molecule has 2 heteroatoms. The van der Waals surface area contributed by atoms with E-state index < -0.39 is 0 Å². The normalized spacial score (nSPS) is 10.2. The van der Waals surface area contributed by atoms with Crippen molar-refractivity contribution in [3.63, 3.8) is 0 Å². The van der Waals surface area contributed by atoms with Crippen molar-refractivity contribution in [1.82, 2.24) is 0 Å². The number of benzene rings is 1. The Hall–Kier alpha value is -1.18. The van der Waals surface area contributed by atoms with E-state index in [9.17, 15) is 0 Å². The summed E-state index contributed by atoms with van der Waals surface area (Å²) in [6.45, 7) is 4.19. The molecule has 0 fully saturated rings. The van der Waals surface area contributed by atoms with Gasteiger partial charge in [-0.05, 0) is 36.6 Å². The van der Waals surface area contributed by atoms with Crippen LogP contribution < -0.4 is 10.6 Å². The molecule has 0 amide bonds. The Balaban J connectivity index is 3.22. The molecule has 13 heavy (non-hydrogen) atoms. The number of nitrogen functional groups attached to an aromatic ring is 1. The standard InChI is InChI=1S/C11H18N2/c1-5-9-7-10(13(3)4)6-8(2)11(9)12/h6-7H,5,12H2,1-4H3. The topological polar surface area (TPSA) is 29.3 Å². The van der Waals surface area contributed by atoms with Gasteiger partial charge < -0.3 is 10.6 Å². The van der Waals surface area contributed by atoms with Gasteiger partial charge in [0.2, 0.25) is 0 Å². The van der Waals surface area contributed by atoms with Crippen molar-refractivity contribution in [3.05, 3.63) is 23.3 Å². The number of hydrogen-bond acceptors (Lipinski definition) is 2. The first-order chi connectivity index (χ1) is 6.06. The molecular weight excluding hydrogens is 160 g/mol. The zero-order chi connectivity index (χ0) is 10.0. The second-order valence-corrected chi connectivity index (χ2v) is 3.58. The van der Waals surface area contributed by atoms with Gasteiger partial charge in [-0.15, -0.1) is 0 Å². The number of aryl methyl sites for hydroxylation is 2. The van der Waals surface area contributed by atoms with Crippen molar-refractivity contribution >= 4 is 11.4 Å². The van der Waals surface area contributed by atoms with E-state index in [-0.39, 0.29) is 0 Å².